The van der Waals surface area contributed by atoms with E-state index in [1.807, 2.05) is 32.0 Å². The second-order valence-electron chi connectivity index (χ2n) is 8.12. The molecule has 0 unspecified atom stereocenters. The minimum atomic E-state index is -3.21. The molecule has 1 heterocycles. The number of carbonyl (C=O) groups is 1. The van der Waals surface area contributed by atoms with Gasteiger partial charge < -0.3 is 5.32 Å². The summed E-state index contributed by atoms with van der Waals surface area (Å²) in [4.78, 5) is 12.9. The summed E-state index contributed by atoms with van der Waals surface area (Å²) < 4.78 is 22.7. The van der Waals surface area contributed by atoms with Gasteiger partial charge in [-0.2, -0.15) is 0 Å². The molecule has 1 N–H and O–H groups in total. The highest BCUT2D eigenvalue weighted by atomic mass is 32.2. The van der Waals surface area contributed by atoms with Crippen LogP contribution >= 0.6 is 0 Å². The number of fused-ring (bicyclic) bond motifs is 1. The Balaban J connectivity index is 2.35. The minimum absolute atomic E-state index is 0.00185. The molecule has 0 saturated heterocycles. The number of rotatable bonds is 5. The quantitative estimate of drug-likeness (QED) is 0.787. The summed E-state index contributed by atoms with van der Waals surface area (Å²) in [5, 5.41) is 4.62. The number of benzene rings is 1. The lowest BCUT2D eigenvalue weighted by Gasteiger charge is -2.33. The highest BCUT2D eigenvalue weighted by Crippen LogP contribution is 2.37. The average Bonchev–Trinajstić information content (AvgIpc) is 2.42. The SMILES string of the molecule is CC1=CC(C)(C)Nc2c(C(=O)CC(C)(C)/C=C/S(C)(=O)=O)cccc21. The molecule has 0 spiro atoms. The van der Waals surface area contributed by atoms with Gasteiger partial charge in [-0.3, -0.25) is 4.79 Å². The van der Waals surface area contributed by atoms with E-state index in [-0.39, 0.29) is 17.7 Å². The topological polar surface area (TPSA) is 63.2 Å². The second kappa shape index (κ2) is 6.45. The minimum Gasteiger partial charge on any atom is -0.376 e. The predicted octanol–water partition coefficient (Wildman–Crippen LogP) is 4.45. The zero-order valence-corrected chi connectivity index (χ0v) is 16.6. The van der Waals surface area contributed by atoms with Crippen LogP contribution in [0, 0.1) is 5.41 Å². The summed E-state index contributed by atoms with van der Waals surface area (Å²) in [6.07, 6.45) is 5.14. The number of nitrogens with one attached hydrogen (secondary N) is 1. The maximum absolute atomic E-state index is 12.9. The van der Waals surface area contributed by atoms with Crippen molar-refractivity contribution in [3.63, 3.8) is 0 Å². The van der Waals surface area contributed by atoms with Gasteiger partial charge in [0.05, 0.1) is 11.2 Å². The van der Waals surface area contributed by atoms with Crippen molar-refractivity contribution in [1.82, 2.24) is 0 Å². The molecule has 0 amide bonds. The summed E-state index contributed by atoms with van der Waals surface area (Å²) >= 11 is 0. The lowest BCUT2D eigenvalue weighted by atomic mass is 9.83. The molecule has 136 valence electrons. The van der Waals surface area contributed by atoms with Gasteiger partial charge in [-0.1, -0.05) is 38.1 Å². The van der Waals surface area contributed by atoms with E-state index in [1.165, 1.54) is 5.41 Å². The molecule has 2 rings (SSSR count). The van der Waals surface area contributed by atoms with Crippen LogP contribution in [0.1, 0.15) is 57.0 Å². The van der Waals surface area contributed by atoms with Crippen molar-refractivity contribution in [3.05, 3.63) is 46.9 Å². The fourth-order valence-electron chi connectivity index (χ4n) is 3.10. The van der Waals surface area contributed by atoms with Gasteiger partial charge >= 0.3 is 0 Å². The van der Waals surface area contributed by atoms with Crippen LogP contribution in [-0.2, 0) is 9.84 Å². The molecular weight excluding hydrogens is 334 g/mol. The summed E-state index contributed by atoms with van der Waals surface area (Å²) in [5.41, 5.74) is 2.93. The molecule has 1 aliphatic heterocycles. The Kier molecular flexibility index (Phi) is 5.01. The number of anilines is 1. The molecule has 1 aromatic rings. The first kappa shape index (κ1) is 19.4. The Morgan fingerprint density at radius 1 is 1.28 bits per heavy atom. The fraction of sp³-hybridized carbons (Fsp3) is 0.450. The fourth-order valence-corrected chi connectivity index (χ4v) is 3.72. The smallest absolute Gasteiger partial charge is 0.168 e. The first-order chi connectivity index (χ1) is 11.3. The molecule has 1 aliphatic rings. The summed E-state index contributed by atoms with van der Waals surface area (Å²) in [6.45, 7) is 9.92. The molecular formula is C20H27NO3S. The van der Waals surface area contributed by atoms with Gasteiger partial charge in [0.15, 0.2) is 15.6 Å². The van der Waals surface area contributed by atoms with Crippen LogP contribution in [0.4, 0.5) is 5.69 Å². The van der Waals surface area contributed by atoms with E-state index < -0.39 is 15.3 Å². The highest BCUT2D eigenvalue weighted by Gasteiger charge is 2.28. The van der Waals surface area contributed by atoms with Gasteiger partial charge in [0.25, 0.3) is 0 Å². The Bertz CT molecular complexity index is 859. The number of hydrogen-bond donors (Lipinski definition) is 1. The van der Waals surface area contributed by atoms with Gasteiger partial charge in [-0.25, -0.2) is 8.42 Å². The molecule has 1 aromatic carbocycles. The van der Waals surface area contributed by atoms with Crippen molar-refractivity contribution in [2.45, 2.75) is 46.6 Å². The molecule has 0 saturated carbocycles. The Morgan fingerprint density at radius 2 is 1.92 bits per heavy atom. The summed E-state index contributed by atoms with van der Waals surface area (Å²) in [6, 6.07) is 5.73. The van der Waals surface area contributed by atoms with Crippen LogP contribution in [0.25, 0.3) is 5.57 Å². The molecule has 0 aromatic heterocycles. The summed E-state index contributed by atoms with van der Waals surface area (Å²) in [5.74, 6) is -0.00185. The Morgan fingerprint density at radius 3 is 2.52 bits per heavy atom. The van der Waals surface area contributed by atoms with Crippen LogP contribution in [0.3, 0.4) is 0 Å². The number of carbonyl (C=O) groups excluding carboxylic acids is 1. The molecule has 25 heavy (non-hydrogen) atoms. The van der Waals surface area contributed by atoms with Crippen LogP contribution in [0.2, 0.25) is 0 Å². The van der Waals surface area contributed by atoms with Crippen molar-refractivity contribution >= 4 is 26.9 Å². The van der Waals surface area contributed by atoms with Gasteiger partial charge in [0.1, 0.15) is 0 Å². The standard InChI is InChI=1S/C20H27NO3S/c1-14-12-20(4,5)21-18-15(14)8-7-9-16(18)17(22)13-19(2,3)10-11-25(6,23)24/h7-12,21H,13H2,1-6H3/b11-10+. The Hall–Kier alpha value is -1.88. The summed E-state index contributed by atoms with van der Waals surface area (Å²) in [7, 11) is -3.21. The lowest BCUT2D eigenvalue weighted by molar-refractivity contribution is 0.0950. The normalized spacial score (nSPS) is 17.0. The van der Waals surface area contributed by atoms with Crippen LogP contribution in [0.15, 0.2) is 35.8 Å². The molecule has 0 radical (unpaired) electrons. The number of para-hydroxylation sites is 1. The van der Waals surface area contributed by atoms with Crippen molar-refractivity contribution in [2.24, 2.45) is 5.41 Å². The predicted molar refractivity (Wildman–Crippen MR) is 105 cm³/mol. The van der Waals surface area contributed by atoms with Crippen LogP contribution in [-0.4, -0.2) is 26.0 Å². The molecule has 0 aliphatic carbocycles. The van der Waals surface area contributed by atoms with E-state index in [4.69, 9.17) is 0 Å². The van der Waals surface area contributed by atoms with Gasteiger partial charge in [0, 0.05) is 29.2 Å². The first-order valence-electron chi connectivity index (χ1n) is 8.33. The second-order valence-corrected chi connectivity index (χ2v) is 10.1. The van der Waals surface area contributed by atoms with Crippen molar-refractivity contribution < 1.29 is 13.2 Å². The van der Waals surface area contributed by atoms with E-state index in [1.54, 1.807) is 6.08 Å². The van der Waals surface area contributed by atoms with Crippen molar-refractivity contribution in [3.8, 4) is 0 Å². The van der Waals surface area contributed by atoms with Crippen molar-refractivity contribution in [1.29, 1.82) is 0 Å². The molecule has 0 bridgehead atoms. The molecule has 4 nitrogen and oxygen atoms in total. The largest absolute Gasteiger partial charge is 0.376 e. The third-order valence-corrected chi connectivity index (χ3v) is 4.83. The maximum Gasteiger partial charge on any atom is 0.168 e. The van der Waals surface area contributed by atoms with Gasteiger partial charge in [-0.15, -0.1) is 0 Å². The third kappa shape index (κ3) is 5.05. The van der Waals surface area contributed by atoms with E-state index >= 15 is 0 Å². The zero-order chi connectivity index (χ0) is 19.0. The molecule has 0 atom stereocenters. The number of Topliss-reactive ketones (excluding diaryl/α,β-unsaturated/α-hetero) is 1. The lowest BCUT2D eigenvalue weighted by Crippen LogP contribution is -2.32. The maximum atomic E-state index is 12.9. The highest BCUT2D eigenvalue weighted by molar-refractivity contribution is 7.93. The van der Waals surface area contributed by atoms with E-state index in [0.29, 0.717) is 5.56 Å². The van der Waals surface area contributed by atoms with Gasteiger partial charge in [0.2, 0.25) is 0 Å². The van der Waals surface area contributed by atoms with Gasteiger partial charge in [-0.05, 0) is 37.8 Å². The number of sulfone groups is 1. The molecule has 5 heteroatoms. The number of ketones is 1. The van der Waals surface area contributed by atoms with Crippen LogP contribution in [0.5, 0.6) is 0 Å². The monoisotopic (exact) mass is 361 g/mol. The van der Waals surface area contributed by atoms with E-state index in [9.17, 15) is 13.2 Å². The van der Waals surface area contributed by atoms with Crippen molar-refractivity contribution in [2.75, 3.05) is 11.6 Å². The zero-order valence-electron chi connectivity index (χ0n) is 15.8. The number of allylic oxidation sites excluding steroid dienone is 2. The third-order valence-electron chi connectivity index (χ3n) is 4.20. The first-order valence-corrected chi connectivity index (χ1v) is 10.3. The van der Waals surface area contributed by atoms with Crippen LogP contribution < -0.4 is 5.32 Å². The van der Waals surface area contributed by atoms with E-state index in [0.717, 1.165) is 23.1 Å². The Labute approximate surface area is 150 Å². The average molecular weight is 362 g/mol. The van der Waals surface area contributed by atoms with E-state index in [2.05, 4.69) is 32.2 Å². The molecule has 0 fully saturated rings. The number of hydrogen-bond acceptors (Lipinski definition) is 4.